The number of amides is 2. The van der Waals surface area contributed by atoms with Crippen LogP contribution in [0.1, 0.15) is 18.7 Å². The molecule has 20 heavy (non-hydrogen) atoms. The van der Waals surface area contributed by atoms with Gasteiger partial charge < -0.3 is 0 Å². The minimum atomic E-state index is -0.877. The van der Waals surface area contributed by atoms with E-state index in [1.54, 1.807) is 6.92 Å². The van der Waals surface area contributed by atoms with Crippen molar-refractivity contribution >= 4 is 34.4 Å². The Bertz CT molecular complexity index is 648. The van der Waals surface area contributed by atoms with Crippen molar-refractivity contribution in [3.05, 3.63) is 29.6 Å². The highest BCUT2D eigenvalue weighted by Crippen LogP contribution is 2.36. The molecule has 104 valence electrons. The van der Waals surface area contributed by atoms with E-state index >= 15 is 0 Å². The average Bonchev–Trinajstić information content (AvgIpc) is 2.42. The van der Waals surface area contributed by atoms with Crippen LogP contribution in [0.5, 0.6) is 0 Å². The molecule has 0 radical (unpaired) electrons. The zero-order valence-electron chi connectivity index (χ0n) is 10.4. The van der Waals surface area contributed by atoms with Gasteiger partial charge in [0.1, 0.15) is 12.0 Å². The van der Waals surface area contributed by atoms with Gasteiger partial charge in [-0.15, -0.1) is 0 Å². The van der Waals surface area contributed by atoms with Crippen LogP contribution in [0.3, 0.4) is 0 Å². The summed E-state index contributed by atoms with van der Waals surface area (Å²) in [7, 11) is 0. The highest BCUT2D eigenvalue weighted by Gasteiger charge is 2.41. The van der Waals surface area contributed by atoms with Gasteiger partial charge in [-0.05, 0) is 30.7 Å². The number of carbonyl (C=O) groups is 2. The first kappa shape index (κ1) is 13.0. The maximum atomic E-state index is 14.0. The number of anilines is 1. The summed E-state index contributed by atoms with van der Waals surface area (Å²) in [5.41, 5.74) is 3.15. The molecule has 8 heteroatoms. The number of hydrogen-bond donors (Lipinski definition) is 1. The molecule has 0 aromatic heterocycles. The lowest BCUT2D eigenvalue weighted by Gasteiger charge is -2.37. The number of benzene rings is 1. The second kappa shape index (κ2) is 4.53. The van der Waals surface area contributed by atoms with E-state index in [1.807, 2.05) is 0 Å². The fraction of sp³-hybridized carbons (Fsp3) is 0.250. The van der Waals surface area contributed by atoms with Crippen molar-refractivity contribution in [3.8, 4) is 0 Å². The van der Waals surface area contributed by atoms with Crippen LogP contribution in [0.25, 0.3) is 0 Å². The van der Waals surface area contributed by atoms with Crippen molar-refractivity contribution in [1.29, 1.82) is 0 Å². The minimum Gasteiger partial charge on any atom is -0.268 e. The molecule has 1 aromatic carbocycles. The molecule has 2 bridgehead atoms. The zero-order chi connectivity index (χ0) is 14.4. The van der Waals surface area contributed by atoms with Crippen LogP contribution < -0.4 is 10.3 Å². The fourth-order valence-electron chi connectivity index (χ4n) is 2.26. The van der Waals surface area contributed by atoms with Crippen molar-refractivity contribution in [2.75, 3.05) is 11.4 Å². The molecule has 1 aromatic rings. The Morgan fingerprint density at radius 1 is 1.40 bits per heavy atom. The van der Waals surface area contributed by atoms with Crippen LogP contribution in [-0.2, 0) is 9.59 Å². The van der Waals surface area contributed by atoms with Gasteiger partial charge >= 0.3 is 11.8 Å². The van der Waals surface area contributed by atoms with Crippen molar-refractivity contribution in [2.45, 2.75) is 13.1 Å². The predicted molar refractivity (Wildman–Crippen MR) is 70.4 cm³/mol. The Morgan fingerprint density at radius 3 is 2.85 bits per heavy atom. The first-order valence-electron chi connectivity index (χ1n) is 5.98. The largest absolute Gasteiger partial charge is 0.327 e. The molecule has 4 rings (SSSR count). The summed E-state index contributed by atoms with van der Waals surface area (Å²) in [6.45, 7) is 1.93. The molecule has 1 unspecified atom stereocenters. The Labute approximate surface area is 118 Å². The fourth-order valence-corrected chi connectivity index (χ4v) is 2.52. The van der Waals surface area contributed by atoms with Gasteiger partial charge in [-0.1, -0.05) is 6.07 Å². The summed E-state index contributed by atoms with van der Waals surface area (Å²) in [5.74, 6) is -2.16. The maximum absolute atomic E-state index is 14.0. The van der Waals surface area contributed by atoms with E-state index in [0.29, 0.717) is 0 Å². The lowest BCUT2D eigenvalue weighted by molar-refractivity contribution is -0.147. The summed E-state index contributed by atoms with van der Waals surface area (Å²) in [6.07, 6.45) is -0.841. The molecule has 0 saturated heterocycles. The average molecular weight is 297 g/mol. The summed E-state index contributed by atoms with van der Waals surface area (Å²) in [4.78, 5) is 29.2. The third kappa shape index (κ3) is 1.70. The molecule has 2 amide bonds. The number of rotatable bonds is 1. The SMILES string of the molecule is CCN1NC2N=C(Cl)N(C(=O)C1=O)c1cccc(F)c12. The molecular weight excluding hydrogens is 287 g/mol. The first-order valence-corrected chi connectivity index (χ1v) is 6.36. The molecule has 0 aliphatic carbocycles. The van der Waals surface area contributed by atoms with Crippen LogP contribution in [0, 0.1) is 5.82 Å². The molecule has 0 fully saturated rings. The summed E-state index contributed by atoms with van der Waals surface area (Å²) in [6, 6.07) is 4.24. The number of carbonyl (C=O) groups excluding carboxylic acids is 2. The Hall–Kier alpha value is -1.99. The molecule has 1 N–H and O–H groups in total. The van der Waals surface area contributed by atoms with Crippen molar-refractivity contribution in [2.24, 2.45) is 4.99 Å². The third-order valence-electron chi connectivity index (χ3n) is 3.19. The van der Waals surface area contributed by atoms with Gasteiger partial charge in [-0.2, -0.15) is 0 Å². The van der Waals surface area contributed by atoms with Crippen LogP contribution in [0.15, 0.2) is 23.2 Å². The molecule has 3 aliphatic rings. The van der Waals surface area contributed by atoms with E-state index in [1.165, 1.54) is 18.2 Å². The Morgan fingerprint density at radius 2 is 2.15 bits per heavy atom. The molecule has 0 saturated carbocycles. The number of hydrogen-bond acceptors (Lipinski definition) is 4. The lowest BCUT2D eigenvalue weighted by Crippen LogP contribution is -2.57. The Kier molecular flexibility index (Phi) is 2.95. The zero-order valence-corrected chi connectivity index (χ0v) is 11.2. The maximum Gasteiger partial charge on any atom is 0.327 e. The number of likely N-dealkylation sites (N-methyl/N-ethyl adjacent to an activating group) is 1. The second-order valence-corrected chi connectivity index (χ2v) is 4.63. The lowest BCUT2D eigenvalue weighted by atomic mass is 10.1. The molecule has 6 nitrogen and oxygen atoms in total. The second-order valence-electron chi connectivity index (χ2n) is 4.29. The van der Waals surface area contributed by atoms with Gasteiger partial charge in [0.2, 0.25) is 5.29 Å². The van der Waals surface area contributed by atoms with Gasteiger partial charge in [0.05, 0.1) is 11.3 Å². The number of hydrazine groups is 1. The third-order valence-corrected chi connectivity index (χ3v) is 3.46. The van der Waals surface area contributed by atoms with E-state index in [4.69, 9.17) is 11.6 Å². The van der Waals surface area contributed by atoms with E-state index in [9.17, 15) is 14.0 Å². The topological polar surface area (TPSA) is 65.0 Å². The molecule has 3 heterocycles. The predicted octanol–water partition coefficient (Wildman–Crippen LogP) is 1.13. The first-order chi connectivity index (χ1) is 9.54. The van der Waals surface area contributed by atoms with Crippen LogP contribution in [0.4, 0.5) is 10.1 Å². The molecular formula is C12H10ClFN4O2. The van der Waals surface area contributed by atoms with Crippen LogP contribution in [0.2, 0.25) is 0 Å². The van der Waals surface area contributed by atoms with Crippen molar-refractivity contribution in [1.82, 2.24) is 10.4 Å². The number of nitrogens with one attached hydrogen (secondary N) is 1. The minimum absolute atomic E-state index is 0.158. The number of fused-ring (bicyclic) bond motifs is 3. The van der Waals surface area contributed by atoms with Crippen LogP contribution >= 0.6 is 11.6 Å². The van der Waals surface area contributed by atoms with Crippen molar-refractivity contribution < 1.29 is 14.0 Å². The highest BCUT2D eigenvalue weighted by molar-refractivity contribution is 6.72. The smallest absolute Gasteiger partial charge is 0.268 e. The van der Waals surface area contributed by atoms with E-state index in [-0.39, 0.29) is 23.1 Å². The van der Waals surface area contributed by atoms with E-state index in [0.717, 1.165) is 9.91 Å². The van der Waals surface area contributed by atoms with Gasteiger partial charge in [0.25, 0.3) is 0 Å². The number of aliphatic imine (C=N–C) groups is 1. The van der Waals surface area contributed by atoms with E-state index in [2.05, 4.69) is 10.4 Å². The number of amidine groups is 1. The van der Waals surface area contributed by atoms with E-state index < -0.39 is 23.8 Å². The van der Waals surface area contributed by atoms with Crippen LogP contribution in [-0.4, -0.2) is 28.7 Å². The molecule has 3 aliphatic heterocycles. The summed E-state index contributed by atoms with van der Waals surface area (Å²) in [5, 5.41) is 0.942. The molecule has 0 spiro atoms. The van der Waals surface area contributed by atoms with Gasteiger partial charge in [0.15, 0.2) is 0 Å². The monoisotopic (exact) mass is 296 g/mol. The standard InChI is InChI=1S/C12H10ClFN4O2/c1-2-17-10(19)11(20)18-7-5-3-4-6(14)8(7)9(16-17)15-12(18)13/h3-5,9,16H,2H2,1H3. The highest BCUT2D eigenvalue weighted by atomic mass is 35.5. The van der Waals surface area contributed by atoms with Crippen molar-refractivity contribution in [3.63, 3.8) is 0 Å². The molecule has 1 atom stereocenters. The number of nitrogens with zero attached hydrogens (tertiary/aromatic N) is 3. The quantitative estimate of drug-likeness (QED) is 0.624. The number of halogens is 2. The summed E-state index contributed by atoms with van der Waals surface area (Å²) < 4.78 is 14.0. The Balaban J connectivity index is 2.25. The summed E-state index contributed by atoms with van der Waals surface area (Å²) >= 11 is 5.94. The normalized spacial score (nSPS) is 21.6. The van der Waals surface area contributed by atoms with Gasteiger partial charge in [-0.25, -0.2) is 19.7 Å². The van der Waals surface area contributed by atoms with Gasteiger partial charge in [-0.3, -0.25) is 14.6 Å². The van der Waals surface area contributed by atoms with Gasteiger partial charge in [0, 0.05) is 6.54 Å².